The predicted octanol–water partition coefficient (Wildman–Crippen LogP) is 3.99. The summed E-state index contributed by atoms with van der Waals surface area (Å²) in [5, 5.41) is 0. The number of methoxy groups -OCH3 is 3. The first-order valence-corrected chi connectivity index (χ1v) is 10.2. The zero-order valence-corrected chi connectivity index (χ0v) is 17.9. The molecule has 1 saturated heterocycles. The second kappa shape index (κ2) is 8.26. The maximum Gasteiger partial charge on any atom is 0.253 e. The molecular weight excluding hydrogens is 382 g/mol. The number of rotatable bonds is 5. The molecule has 1 aliphatic rings. The molecule has 30 heavy (non-hydrogen) atoms. The zero-order valence-electron chi connectivity index (χ0n) is 17.9. The first-order chi connectivity index (χ1) is 14.6. The van der Waals surface area contributed by atoms with Crippen LogP contribution in [0.15, 0.2) is 30.3 Å². The van der Waals surface area contributed by atoms with Gasteiger partial charge in [-0.15, -0.1) is 0 Å². The van der Waals surface area contributed by atoms with Crippen LogP contribution in [0.1, 0.15) is 35.4 Å². The van der Waals surface area contributed by atoms with Gasteiger partial charge in [-0.1, -0.05) is 0 Å². The number of aromatic nitrogens is 2. The van der Waals surface area contributed by atoms with Gasteiger partial charge in [-0.3, -0.25) is 9.36 Å². The number of likely N-dealkylation sites (tertiary alicyclic amines) is 1. The summed E-state index contributed by atoms with van der Waals surface area (Å²) in [5.41, 5.74) is 3.22. The molecule has 2 aromatic carbocycles. The Morgan fingerprint density at radius 2 is 1.60 bits per heavy atom. The lowest BCUT2D eigenvalue weighted by molar-refractivity contribution is 0.0724. The van der Waals surface area contributed by atoms with Gasteiger partial charge in [0, 0.05) is 30.8 Å². The van der Waals surface area contributed by atoms with E-state index < -0.39 is 0 Å². The Balaban J connectivity index is 1.77. The van der Waals surface area contributed by atoms with E-state index in [9.17, 15) is 4.79 Å². The van der Waals surface area contributed by atoms with Crippen molar-refractivity contribution in [1.82, 2.24) is 14.5 Å². The van der Waals surface area contributed by atoms with Gasteiger partial charge >= 0.3 is 0 Å². The number of piperidine rings is 1. The van der Waals surface area contributed by atoms with Crippen molar-refractivity contribution in [3.05, 3.63) is 41.7 Å². The van der Waals surface area contributed by atoms with Crippen molar-refractivity contribution in [3.63, 3.8) is 0 Å². The molecule has 7 heteroatoms. The highest BCUT2D eigenvalue weighted by Gasteiger charge is 2.21. The molecule has 0 N–H and O–H groups in total. The molecule has 158 valence electrons. The van der Waals surface area contributed by atoms with E-state index in [1.165, 1.54) is 6.42 Å². The number of ether oxygens (including phenoxy) is 3. The fourth-order valence-corrected chi connectivity index (χ4v) is 4.14. The number of imidazole rings is 1. The van der Waals surface area contributed by atoms with Crippen molar-refractivity contribution in [2.75, 3.05) is 34.4 Å². The fourth-order valence-electron chi connectivity index (χ4n) is 4.14. The van der Waals surface area contributed by atoms with Crippen LogP contribution in [0.4, 0.5) is 0 Å². The van der Waals surface area contributed by atoms with Crippen LogP contribution in [0.25, 0.3) is 16.7 Å². The molecule has 0 atom stereocenters. The number of carbonyl (C=O) groups is 1. The van der Waals surface area contributed by atoms with Crippen LogP contribution >= 0.6 is 0 Å². The molecule has 1 amide bonds. The van der Waals surface area contributed by atoms with Crippen LogP contribution in [0, 0.1) is 6.92 Å². The van der Waals surface area contributed by atoms with E-state index in [0.29, 0.717) is 22.8 Å². The molecule has 1 aliphatic heterocycles. The van der Waals surface area contributed by atoms with Crippen LogP contribution in [0.3, 0.4) is 0 Å². The van der Waals surface area contributed by atoms with Crippen LogP contribution in [0.5, 0.6) is 17.2 Å². The molecule has 7 nitrogen and oxygen atoms in total. The Bertz CT molecular complexity index is 1060. The first-order valence-electron chi connectivity index (χ1n) is 10.2. The molecule has 0 spiro atoms. The molecule has 0 bridgehead atoms. The van der Waals surface area contributed by atoms with Gasteiger partial charge in [0.25, 0.3) is 5.91 Å². The lowest BCUT2D eigenvalue weighted by atomic mass is 10.1. The molecule has 1 aromatic heterocycles. The number of hydrogen-bond acceptors (Lipinski definition) is 5. The third kappa shape index (κ3) is 3.44. The van der Waals surface area contributed by atoms with Crippen molar-refractivity contribution in [1.29, 1.82) is 0 Å². The number of fused-ring (bicyclic) bond motifs is 1. The van der Waals surface area contributed by atoms with Gasteiger partial charge < -0.3 is 19.1 Å². The smallest absolute Gasteiger partial charge is 0.253 e. The SMILES string of the molecule is COc1cc(-n2c(C)nc3cc(C(=O)N4CCCCC4)ccc32)cc(OC)c1OC. The Morgan fingerprint density at radius 1 is 0.933 bits per heavy atom. The predicted molar refractivity (Wildman–Crippen MR) is 115 cm³/mol. The van der Waals surface area contributed by atoms with Gasteiger partial charge in [0.1, 0.15) is 5.82 Å². The summed E-state index contributed by atoms with van der Waals surface area (Å²) in [6.45, 7) is 3.60. The molecule has 0 aliphatic carbocycles. The second-order valence-electron chi connectivity index (χ2n) is 7.43. The van der Waals surface area contributed by atoms with E-state index in [-0.39, 0.29) is 5.91 Å². The molecule has 0 saturated carbocycles. The van der Waals surface area contributed by atoms with Gasteiger partial charge in [0.05, 0.1) is 38.1 Å². The number of hydrogen-bond donors (Lipinski definition) is 0. The maximum absolute atomic E-state index is 12.9. The molecule has 3 aromatic rings. The summed E-state index contributed by atoms with van der Waals surface area (Å²) in [4.78, 5) is 19.5. The summed E-state index contributed by atoms with van der Waals surface area (Å²) >= 11 is 0. The Kier molecular flexibility index (Phi) is 5.53. The maximum atomic E-state index is 12.9. The minimum Gasteiger partial charge on any atom is -0.493 e. The standard InChI is InChI=1S/C23H27N3O4/c1-15-24-18-12-16(23(27)25-10-6-5-7-11-25)8-9-19(18)26(15)17-13-20(28-2)22(30-4)21(14-17)29-3/h8-9,12-14H,5-7,10-11H2,1-4H3. The van der Waals surface area contributed by atoms with Gasteiger partial charge in [-0.25, -0.2) is 4.98 Å². The monoisotopic (exact) mass is 409 g/mol. The Labute approximate surface area is 176 Å². The van der Waals surface area contributed by atoms with Crippen molar-refractivity contribution in [2.45, 2.75) is 26.2 Å². The number of aryl methyl sites for hydroxylation is 1. The number of benzene rings is 2. The topological polar surface area (TPSA) is 65.8 Å². The van der Waals surface area contributed by atoms with Gasteiger partial charge in [-0.2, -0.15) is 0 Å². The van der Waals surface area contributed by atoms with Crippen molar-refractivity contribution >= 4 is 16.9 Å². The highest BCUT2D eigenvalue weighted by Crippen LogP contribution is 2.40. The lowest BCUT2D eigenvalue weighted by Gasteiger charge is -2.26. The van der Waals surface area contributed by atoms with Crippen molar-refractivity contribution < 1.29 is 19.0 Å². The summed E-state index contributed by atoms with van der Waals surface area (Å²) in [6.07, 6.45) is 3.34. The normalized spacial score (nSPS) is 14.1. The Hall–Kier alpha value is -3.22. The molecule has 0 unspecified atom stereocenters. The van der Waals surface area contributed by atoms with E-state index in [4.69, 9.17) is 19.2 Å². The van der Waals surface area contributed by atoms with E-state index in [1.54, 1.807) is 21.3 Å². The van der Waals surface area contributed by atoms with Crippen LogP contribution in [0.2, 0.25) is 0 Å². The summed E-state index contributed by atoms with van der Waals surface area (Å²) < 4.78 is 18.5. The van der Waals surface area contributed by atoms with Crippen LogP contribution in [-0.4, -0.2) is 54.8 Å². The number of amides is 1. The summed E-state index contributed by atoms with van der Waals surface area (Å²) in [6, 6.07) is 9.50. The molecule has 0 radical (unpaired) electrons. The highest BCUT2D eigenvalue weighted by molar-refractivity contribution is 5.97. The van der Waals surface area contributed by atoms with Crippen molar-refractivity contribution in [2.24, 2.45) is 0 Å². The largest absolute Gasteiger partial charge is 0.493 e. The van der Waals surface area contributed by atoms with E-state index in [2.05, 4.69) is 0 Å². The first kappa shape index (κ1) is 20.1. The molecule has 1 fully saturated rings. The average Bonchev–Trinajstić information content (AvgIpc) is 3.12. The van der Waals surface area contributed by atoms with E-state index in [0.717, 1.165) is 48.5 Å². The van der Waals surface area contributed by atoms with Gasteiger partial charge in [0.15, 0.2) is 11.5 Å². The lowest BCUT2D eigenvalue weighted by Crippen LogP contribution is -2.35. The minimum atomic E-state index is 0.0802. The van der Waals surface area contributed by atoms with Crippen LogP contribution in [-0.2, 0) is 0 Å². The van der Waals surface area contributed by atoms with E-state index in [1.807, 2.05) is 46.7 Å². The summed E-state index contributed by atoms with van der Waals surface area (Å²) in [5.74, 6) is 2.58. The number of carbonyl (C=O) groups excluding carboxylic acids is 1. The average molecular weight is 409 g/mol. The minimum absolute atomic E-state index is 0.0802. The van der Waals surface area contributed by atoms with Crippen LogP contribution < -0.4 is 14.2 Å². The van der Waals surface area contributed by atoms with Gasteiger partial charge in [-0.05, 0) is 44.4 Å². The third-order valence-electron chi connectivity index (χ3n) is 5.62. The number of nitrogens with zero attached hydrogens (tertiary/aromatic N) is 3. The second-order valence-corrected chi connectivity index (χ2v) is 7.43. The van der Waals surface area contributed by atoms with Crippen molar-refractivity contribution in [3.8, 4) is 22.9 Å². The summed E-state index contributed by atoms with van der Waals surface area (Å²) in [7, 11) is 4.77. The quantitative estimate of drug-likeness (QED) is 0.638. The zero-order chi connectivity index (χ0) is 21.3. The van der Waals surface area contributed by atoms with E-state index >= 15 is 0 Å². The molecule has 4 rings (SSSR count). The third-order valence-corrected chi connectivity index (χ3v) is 5.62. The highest BCUT2D eigenvalue weighted by atomic mass is 16.5. The molecular formula is C23H27N3O4. The Morgan fingerprint density at radius 3 is 2.20 bits per heavy atom. The van der Waals surface area contributed by atoms with Gasteiger partial charge in [0.2, 0.25) is 5.75 Å². The fraction of sp³-hybridized carbons (Fsp3) is 0.391. The molecule has 2 heterocycles.